The van der Waals surface area contributed by atoms with Gasteiger partial charge in [0.05, 0.1) is 0 Å². The van der Waals surface area contributed by atoms with Crippen molar-refractivity contribution in [2.45, 2.75) is 89.6 Å². The average Bonchev–Trinajstić information content (AvgIpc) is 2.56. The topological polar surface area (TPSA) is 15.3 Å². The van der Waals surface area contributed by atoms with E-state index in [0.29, 0.717) is 5.54 Å². The van der Waals surface area contributed by atoms with Crippen molar-refractivity contribution in [3.63, 3.8) is 0 Å². The highest BCUT2D eigenvalue weighted by Crippen LogP contribution is 2.31. The number of nitrogens with one attached hydrogen (secondary N) is 1. The van der Waals surface area contributed by atoms with Gasteiger partial charge < -0.3 is 5.32 Å². The zero-order valence-corrected chi connectivity index (χ0v) is 13.2. The summed E-state index contributed by atoms with van der Waals surface area (Å²) in [5, 5.41) is 3.92. The number of unbranched alkanes of at least 4 members (excludes halogenated alkanes) is 3. The first-order valence-electron chi connectivity index (χ1n) is 8.75. The van der Waals surface area contributed by atoms with Gasteiger partial charge in [-0.3, -0.25) is 4.90 Å². The van der Waals surface area contributed by atoms with Gasteiger partial charge in [0.2, 0.25) is 0 Å². The normalized spacial score (nSPS) is 28.4. The molecule has 0 radical (unpaired) electrons. The molecule has 2 fully saturated rings. The Morgan fingerprint density at radius 2 is 1.89 bits per heavy atom. The summed E-state index contributed by atoms with van der Waals surface area (Å²) in [5.41, 5.74) is 0.466. The molecule has 0 aromatic carbocycles. The van der Waals surface area contributed by atoms with E-state index in [1.165, 1.54) is 83.8 Å². The van der Waals surface area contributed by atoms with Crippen LogP contribution in [0.5, 0.6) is 0 Å². The molecule has 1 saturated heterocycles. The van der Waals surface area contributed by atoms with Crippen molar-refractivity contribution in [3.05, 3.63) is 0 Å². The molecule has 1 N–H and O–H groups in total. The molecule has 2 heteroatoms. The molecule has 2 aliphatic rings. The third-order valence-electron chi connectivity index (χ3n) is 5.30. The third-order valence-corrected chi connectivity index (χ3v) is 5.30. The molecule has 0 aromatic rings. The van der Waals surface area contributed by atoms with E-state index in [2.05, 4.69) is 24.1 Å². The van der Waals surface area contributed by atoms with Crippen molar-refractivity contribution in [2.24, 2.45) is 0 Å². The minimum atomic E-state index is 0.466. The molecule has 19 heavy (non-hydrogen) atoms. The Hall–Kier alpha value is -0.0800. The molecule has 1 aliphatic heterocycles. The summed E-state index contributed by atoms with van der Waals surface area (Å²) in [7, 11) is 0. The second kappa shape index (κ2) is 7.64. The highest BCUT2D eigenvalue weighted by atomic mass is 15.2. The van der Waals surface area contributed by atoms with Crippen molar-refractivity contribution < 1.29 is 0 Å². The summed E-state index contributed by atoms with van der Waals surface area (Å²) in [6.45, 7) is 8.59. The van der Waals surface area contributed by atoms with Crippen molar-refractivity contribution in [1.29, 1.82) is 0 Å². The van der Waals surface area contributed by atoms with Crippen LogP contribution in [0.1, 0.15) is 78.1 Å². The first-order valence-corrected chi connectivity index (χ1v) is 8.75. The van der Waals surface area contributed by atoms with E-state index in [1.807, 2.05) is 0 Å². The predicted molar refractivity (Wildman–Crippen MR) is 83.6 cm³/mol. The number of hydrogen-bond acceptors (Lipinski definition) is 2. The summed E-state index contributed by atoms with van der Waals surface area (Å²) in [4.78, 5) is 2.79. The SMILES string of the molecule is CCCCCCN1CC2(CCCCC2)NCCC1C. The first-order chi connectivity index (χ1) is 9.26. The van der Waals surface area contributed by atoms with E-state index in [0.717, 1.165) is 6.04 Å². The Balaban J connectivity index is 1.87. The lowest BCUT2D eigenvalue weighted by Gasteiger charge is -2.41. The first kappa shape index (κ1) is 15.3. The molecule has 2 nitrogen and oxygen atoms in total. The molecule has 1 saturated carbocycles. The smallest absolute Gasteiger partial charge is 0.0308 e. The van der Waals surface area contributed by atoms with Gasteiger partial charge in [0.15, 0.2) is 0 Å². The van der Waals surface area contributed by atoms with Gasteiger partial charge in [-0.2, -0.15) is 0 Å². The van der Waals surface area contributed by atoms with Crippen LogP contribution in [0, 0.1) is 0 Å². The summed E-state index contributed by atoms with van der Waals surface area (Å²) < 4.78 is 0. The van der Waals surface area contributed by atoms with Crippen molar-refractivity contribution >= 4 is 0 Å². The molecule has 1 atom stereocenters. The second-order valence-corrected chi connectivity index (χ2v) is 6.94. The van der Waals surface area contributed by atoms with Crippen LogP contribution in [0.4, 0.5) is 0 Å². The third kappa shape index (κ3) is 4.46. The van der Waals surface area contributed by atoms with E-state index in [4.69, 9.17) is 0 Å². The van der Waals surface area contributed by atoms with E-state index < -0.39 is 0 Å². The largest absolute Gasteiger partial charge is 0.310 e. The van der Waals surface area contributed by atoms with Crippen molar-refractivity contribution in [1.82, 2.24) is 10.2 Å². The van der Waals surface area contributed by atoms with Crippen LogP contribution in [0.3, 0.4) is 0 Å². The predicted octanol–water partition coefficient (Wildman–Crippen LogP) is 3.95. The molecule has 1 heterocycles. The van der Waals surface area contributed by atoms with Crippen LogP contribution in [0.2, 0.25) is 0 Å². The van der Waals surface area contributed by atoms with Crippen LogP contribution in [-0.4, -0.2) is 36.1 Å². The van der Waals surface area contributed by atoms with Gasteiger partial charge in [0.25, 0.3) is 0 Å². The van der Waals surface area contributed by atoms with Crippen LogP contribution >= 0.6 is 0 Å². The molecular weight excluding hydrogens is 232 g/mol. The highest BCUT2D eigenvalue weighted by Gasteiger charge is 2.36. The van der Waals surface area contributed by atoms with Gasteiger partial charge in [0.1, 0.15) is 0 Å². The molecule has 1 aliphatic carbocycles. The molecule has 0 aromatic heterocycles. The Bertz CT molecular complexity index is 246. The van der Waals surface area contributed by atoms with Gasteiger partial charge in [0, 0.05) is 18.1 Å². The van der Waals surface area contributed by atoms with E-state index in [-0.39, 0.29) is 0 Å². The molecule has 1 unspecified atom stereocenters. The standard InChI is InChI=1S/C17H34N2/c1-3-4-5-9-14-19-15-17(11-7-6-8-12-17)18-13-10-16(19)2/h16,18H,3-15H2,1-2H3. The van der Waals surface area contributed by atoms with Gasteiger partial charge in [-0.1, -0.05) is 45.4 Å². The second-order valence-electron chi connectivity index (χ2n) is 6.94. The van der Waals surface area contributed by atoms with Gasteiger partial charge in [-0.25, -0.2) is 0 Å². The Morgan fingerprint density at radius 1 is 1.11 bits per heavy atom. The zero-order valence-electron chi connectivity index (χ0n) is 13.2. The molecule has 1 spiro atoms. The molecule has 0 amide bonds. The average molecular weight is 266 g/mol. The summed E-state index contributed by atoms with van der Waals surface area (Å²) in [6.07, 6.45) is 14.0. The fraction of sp³-hybridized carbons (Fsp3) is 1.00. The number of rotatable bonds is 5. The van der Waals surface area contributed by atoms with E-state index >= 15 is 0 Å². The van der Waals surface area contributed by atoms with Crippen LogP contribution < -0.4 is 5.32 Å². The van der Waals surface area contributed by atoms with E-state index in [9.17, 15) is 0 Å². The van der Waals surface area contributed by atoms with Crippen LogP contribution in [0.15, 0.2) is 0 Å². The Labute approximate surface area is 120 Å². The number of hydrogen-bond donors (Lipinski definition) is 1. The lowest BCUT2D eigenvalue weighted by molar-refractivity contribution is 0.135. The minimum absolute atomic E-state index is 0.466. The van der Waals surface area contributed by atoms with Crippen molar-refractivity contribution in [2.75, 3.05) is 19.6 Å². The lowest BCUT2D eigenvalue weighted by Crippen LogP contribution is -2.53. The van der Waals surface area contributed by atoms with Gasteiger partial charge in [-0.15, -0.1) is 0 Å². The fourth-order valence-corrected chi connectivity index (χ4v) is 3.93. The van der Waals surface area contributed by atoms with E-state index in [1.54, 1.807) is 0 Å². The maximum Gasteiger partial charge on any atom is 0.0308 e. The van der Waals surface area contributed by atoms with Gasteiger partial charge >= 0.3 is 0 Å². The fourth-order valence-electron chi connectivity index (χ4n) is 3.93. The molecule has 0 bridgehead atoms. The minimum Gasteiger partial charge on any atom is -0.310 e. The Kier molecular flexibility index (Phi) is 6.15. The summed E-state index contributed by atoms with van der Waals surface area (Å²) in [5.74, 6) is 0. The Morgan fingerprint density at radius 3 is 2.63 bits per heavy atom. The monoisotopic (exact) mass is 266 g/mol. The van der Waals surface area contributed by atoms with Crippen LogP contribution in [-0.2, 0) is 0 Å². The lowest BCUT2D eigenvalue weighted by atomic mass is 9.81. The molecule has 2 rings (SSSR count). The zero-order chi connectivity index (χ0) is 13.6. The van der Waals surface area contributed by atoms with Crippen molar-refractivity contribution in [3.8, 4) is 0 Å². The quantitative estimate of drug-likeness (QED) is 0.758. The number of nitrogens with zero attached hydrogens (tertiary/aromatic N) is 1. The maximum atomic E-state index is 3.92. The summed E-state index contributed by atoms with van der Waals surface area (Å²) >= 11 is 0. The molecule has 112 valence electrons. The summed E-state index contributed by atoms with van der Waals surface area (Å²) in [6, 6.07) is 0.774. The molecular formula is C17H34N2. The van der Waals surface area contributed by atoms with Gasteiger partial charge in [-0.05, 0) is 45.7 Å². The van der Waals surface area contributed by atoms with Crippen LogP contribution in [0.25, 0.3) is 0 Å². The maximum absolute atomic E-state index is 3.92. The highest BCUT2D eigenvalue weighted by molar-refractivity contribution is 4.96.